The largest absolute Gasteiger partial charge is 0.497 e. The predicted molar refractivity (Wildman–Crippen MR) is 95.1 cm³/mol. The smallest absolute Gasteiger partial charge is 0.224 e. The van der Waals surface area contributed by atoms with Gasteiger partial charge < -0.3 is 10.1 Å². The van der Waals surface area contributed by atoms with Crippen LogP contribution in [0.5, 0.6) is 5.75 Å². The van der Waals surface area contributed by atoms with E-state index in [0.717, 1.165) is 29.8 Å². The lowest BCUT2D eigenvalue weighted by Gasteiger charge is -2.10. The molecule has 3 heteroatoms. The summed E-state index contributed by atoms with van der Waals surface area (Å²) in [5.41, 5.74) is 3.30. The molecule has 1 amide bonds. The maximum atomic E-state index is 12.0. The summed E-state index contributed by atoms with van der Waals surface area (Å²) in [6, 6.07) is 16.0. The van der Waals surface area contributed by atoms with Gasteiger partial charge >= 0.3 is 0 Å². The number of aryl methyl sites for hydroxylation is 1. The van der Waals surface area contributed by atoms with Crippen LogP contribution < -0.4 is 10.1 Å². The third-order valence-electron chi connectivity index (χ3n) is 4.18. The van der Waals surface area contributed by atoms with Crippen LogP contribution >= 0.6 is 0 Å². The molecule has 0 fully saturated rings. The summed E-state index contributed by atoms with van der Waals surface area (Å²) in [7, 11) is 1.65. The number of ether oxygens (including phenoxy) is 1. The molecule has 0 aliphatic carbocycles. The Labute approximate surface area is 138 Å². The van der Waals surface area contributed by atoms with Crippen LogP contribution in [0.4, 0.5) is 5.69 Å². The van der Waals surface area contributed by atoms with Gasteiger partial charge in [-0.1, -0.05) is 38.1 Å². The first kappa shape index (κ1) is 17.1. The van der Waals surface area contributed by atoms with E-state index in [9.17, 15) is 4.79 Å². The third-order valence-corrected chi connectivity index (χ3v) is 4.18. The van der Waals surface area contributed by atoms with Crippen LogP contribution in [0.15, 0.2) is 48.5 Å². The lowest BCUT2D eigenvalue weighted by atomic mass is 9.98. The number of benzene rings is 2. The Bertz CT molecular complexity index is 617. The zero-order valence-corrected chi connectivity index (χ0v) is 14.1. The van der Waals surface area contributed by atoms with Crippen molar-refractivity contribution in [3.63, 3.8) is 0 Å². The van der Waals surface area contributed by atoms with Crippen LogP contribution in [0.25, 0.3) is 0 Å². The van der Waals surface area contributed by atoms with Crippen molar-refractivity contribution >= 4 is 11.6 Å². The Balaban J connectivity index is 1.84. The van der Waals surface area contributed by atoms with Crippen LogP contribution in [-0.2, 0) is 11.2 Å². The molecule has 2 aromatic carbocycles. The second kappa shape index (κ2) is 8.37. The number of amides is 1. The van der Waals surface area contributed by atoms with E-state index in [2.05, 4.69) is 31.3 Å². The number of hydrogen-bond acceptors (Lipinski definition) is 2. The van der Waals surface area contributed by atoms with Crippen molar-refractivity contribution in [1.29, 1.82) is 0 Å². The molecule has 0 radical (unpaired) electrons. The standard InChI is InChI=1S/C20H25NO2/c1-4-15(2)17-8-10-18(11-9-17)21-20(22)14-7-16-5-12-19(23-3)13-6-16/h5-6,8-13,15H,4,7,14H2,1-3H3,(H,21,22)/t15-/m0/s1. The molecule has 0 unspecified atom stereocenters. The highest BCUT2D eigenvalue weighted by Gasteiger charge is 2.06. The van der Waals surface area contributed by atoms with Gasteiger partial charge in [0.15, 0.2) is 0 Å². The van der Waals surface area contributed by atoms with Crippen LogP contribution in [0.1, 0.15) is 43.7 Å². The molecule has 0 spiro atoms. The number of rotatable bonds is 7. The highest BCUT2D eigenvalue weighted by atomic mass is 16.5. The molecule has 0 bridgehead atoms. The fraction of sp³-hybridized carbons (Fsp3) is 0.350. The number of nitrogens with one attached hydrogen (secondary N) is 1. The lowest BCUT2D eigenvalue weighted by molar-refractivity contribution is -0.116. The van der Waals surface area contributed by atoms with Crippen molar-refractivity contribution in [2.24, 2.45) is 0 Å². The van der Waals surface area contributed by atoms with E-state index >= 15 is 0 Å². The summed E-state index contributed by atoms with van der Waals surface area (Å²) in [5.74, 6) is 1.42. The molecule has 0 aromatic heterocycles. The van der Waals surface area contributed by atoms with Crippen LogP contribution in [-0.4, -0.2) is 13.0 Å². The Morgan fingerprint density at radius 2 is 1.74 bits per heavy atom. The Morgan fingerprint density at radius 1 is 1.09 bits per heavy atom. The second-order valence-corrected chi connectivity index (χ2v) is 5.83. The van der Waals surface area contributed by atoms with Crippen LogP contribution in [0, 0.1) is 0 Å². The van der Waals surface area contributed by atoms with Gasteiger partial charge in [0.05, 0.1) is 7.11 Å². The Kier molecular flexibility index (Phi) is 6.21. The highest BCUT2D eigenvalue weighted by molar-refractivity contribution is 5.90. The van der Waals surface area contributed by atoms with Crippen molar-refractivity contribution in [3.8, 4) is 5.75 Å². The number of carbonyl (C=O) groups is 1. The first-order chi connectivity index (χ1) is 11.1. The van der Waals surface area contributed by atoms with Crippen molar-refractivity contribution < 1.29 is 9.53 Å². The molecule has 0 saturated carbocycles. The molecule has 1 N–H and O–H groups in total. The average molecular weight is 311 g/mol. The third kappa shape index (κ3) is 5.13. The first-order valence-electron chi connectivity index (χ1n) is 8.15. The molecule has 23 heavy (non-hydrogen) atoms. The maximum Gasteiger partial charge on any atom is 0.224 e. The SMILES string of the molecule is CC[C@H](C)c1ccc(NC(=O)CCc2ccc(OC)cc2)cc1. The molecule has 0 aliphatic rings. The minimum atomic E-state index is 0.0390. The summed E-state index contributed by atoms with van der Waals surface area (Å²) < 4.78 is 5.13. The van der Waals surface area contributed by atoms with Crippen LogP contribution in [0.3, 0.4) is 0 Å². The van der Waals surface area contributed by atoms with Gasteiger partial charge in [-0.15, -0.1) is 0 Å². The summed E-state index contributed by atoms with van der Waals surface area (Å²) in [5, 5.41) is 2.96. The van der Waals surface area contributed by atoms with E-state index in [1.54, 1.807) is 7.11 Å². The Morgan fingerprint density at radius 3 is 2.30 bits per heavy atom. The monoisotopic (exact) mass is 311 g/mol. The van der Waals surface area contributed by atoms with E-state index in [1.807, 2.05) is 36.4 Å². The summed E-state index contributed by atoms with van der Waals surface area (Å²) in [4.78, 5) is 12.0. The maximum absolute atomic E-state index is 12.0. The van der Waals surface area contributed by atoms with Gasteiger partial charge in [0.1, 0.15) is 5.75 Å². The summed E-state index contributed by atoms with van der Waals surface area (Å²) in [6.45, 7) is 4.39. The minimum absolute atomic E-state index is 0.0390. The van der Waals surface area contributed by atoms with Gasteiger partial charge in [0.2, 0.25) is 5.91 Å². The average Bonchev–Trinajstić information content (AvgIpc) is 2.60. The lowest BCUT2D eigenvalue weighted by Crippen LogP contribution is -2.12. The molecule has 0 heterocycles. The van der Waals surface area contributed by atoms with Crippen molar-refractivity contribution in [3.05, 3.63) is 59.7 Å². The molecule has 2 aromatic rings. The first-order valence-corrected chi connectivity index (χ1v) is 8.15. The van der Waals surface area contributed by atoms with Gasteiger partial charge in [0, 0.05) is 12.1 Å². The zero-order valence-electron chi connectivity index (χ0n) is 14.1. The normalized spacial score (nSPS) is 11.8. The predicted octanol–water partition coefficient (Wildman–Crippen LogP) is 4.78. The molecular formula is C20H25NO2. The van der Waals surface area contributed by atoms with Gasteiger partial charge in [0.25, 0.3) is 0 Å². The molecule has 3 nitrogen and oxygen atoms in total. The van der Waals surface area contributed by atoms with Crippen LogP contribution in [0.2, 0.25) is 0 Å². The molecule has 1 atom stereocenters. The minimum Gasteiger partial charge on any atom is -0.497 e. The quantitative estimate of drug-likeness (QED) is 0.799. The number of hydrogen-bond donors (Lipinski definition) is 1. The molecular weight excluding hydrogens is 286 g/mol. The van der Waals surface area contributed by atoms with Gasteiger partial charge in [-0.3, -0.25) is 4.79 Å². The van der Waals surface area contributed by atoms with Crippen molar-refractivity contribution in [1.82, 2.24) is 0 Å². The van der Waals surface area contributed by atoms with Gasteiger partial charge in [-0.2, -0.15) is 0 Å². The van der Waals surface area contributed by atoms with E-state index in [-0.39, 0.29) is 5.91 Å². The molecule has 2 rings (SSSR count). The molecule has 0 saturated heterocycles. The van der Waals surface area contributed by atoms with E-state index in [4.69, 9.17) is 4.74 Å². The van der Waals surface area contributed by atoms with E-state index < -0.39 is 0 Å². The highest BCUT2D eigenvalue weighted by Crippen LogP contribution is 2.20. The fourth-order valence-corrected chi connectivity index (χ4v) is 2.40. The van der Waals surface area contributed by atoms with E-state index in [1.165, 1.54) is 5.56 Å². The summed E-state index contributed by atoms with van der Waals surface area (Å²) in [6.07, 6.45) is 2.31. The second-order valence-electron chi connectivity index (χ2n) is 5.83. The number of methoxy groups -OCH3 is 1. The topological polar surface area (TPSA) is 38.3 Å². The zero-order chi connectivity index (χ0) is 16.7. The fourth-order valence-electron chi connectivity index (χ4n) is 2.40. The van der Waals surface area contributed by atoms with Crippen molar-refractivity contribution in [2.45, 2.75) is 39.0 Å². The van der Waals surface area contributed by atoms with Gasteiger partial charge in [-0.05, 0) is 54.2 Å². The van der Waals surface area contributed by atoms with Crippen molar-refractivity contribution in [2.75, 3.05) is 12.4 Å². The number of anilines is 1. The molecule has 122 valence electrons. The summed E-state index contributed by atoms with van der Waals surface area (Å²) >= 11 is 0. The number of carbonyl (C=O) groups excluding carboxylic acids is 1. The van der Waals surface area contributed by atoms with Gasteiger partial charge in [-0.25, -0.2) is 0 Å². The Hall–Kier alpha value is -2.29. The molecule has 0 aliphatic heterocycles. The van der Waals surface area contributed by atoms with E-state index in [0.29, 0.717) is 12.3 Å².